The van der Waals surface area contributed by atoms with E-state index in [-0.39, 0.29) is 0 Å². The Labute approximate surface area is 135 Å². The summed E-state index contributed by atoms with van der Waals surface area (Å²) in [5.74, 6) is 1.36. The summed E-state index contributed by atoms with van der Waals surface area (Å²) in [7, 11) is 1.21. The molecule has 0 aliphatic carbocycles. The van der Waals surface area contributed by atoms with Crippen LogP contribution in [-0.4, -0.2) is 57.7 Å². The molecule has 0 aromatic heterocycles. The van der Waals surface area contributed by atoms with Crippen LogP contribution < -0.4 is 0 Å². The second-order valence-corrected chi connectivity index (χ2v) is 9.06. The van der Waals surface area contributed by atoms with E-state index in [9.17, 15) is 8.42 Å². The summed E-state index contributed by atoms with van der Waals surface area (Å²) in [6, 6.07) is 7.89. The van der Waals surface area contributed by atoms with Crippen LogP contribution in [0.2, 0.25) is 0 Å². The molecule has 0 saturated carbocycles. The molecule has 1 aliphatic rings. The minimum Gasteiger partial charge on any atom is -0.305 e. The van der Waals surface area contributed by atoms with Gasteiger partial charge in [0.1, 0.15) is 0 Å². The van der Waals surface area contributed by atoms with Crippen LogP contribution in [0.1, 0.15) is 19.4 Å². The van der Waals surface area contributed by atoms with Gasteiger partial charge in [0.15, 0.2) is 9.84 Å². The van der Waals surface area contributed by atoms with Crippen molar-refractivity contribution in [3.8, 4) is 0 Å². The van der Waals surface area contributed by atoms with Crippen molar-refractivity contribution in [1.29, 1.82) is 0 Å². The molecule has 0 amide bonds. The number of likely N-dealkylation sites (tertiary alicyclic amines) is 1. The average molecular weight is 324 g/mol. The molecule has 0 unspecified atom stereocenters. The van der Waals surface area contributed by atoms with Crippen LogP contribution in [0.15, 0.2) is 29.2 Å². The highest BCUT2D eigenvalue weighted by molar-refractivity contribution is 7.90. The van der Waals surface area contributed by atoms with Gasteiger partial charge in [0, 0.05) is 31.9 Å². The van der Waals surface area contributed by atoms with Crippen LogP contribution in [0.25, 0.3) is 0 Å². The first-order chi connectivity index (χ1) is 10.2. The molecule has 0 N–H and O–H groups in total. The predicted molar refractivity (Wildman–Crippen MR) is 90.6 cm³/mol. The molecule has 2 atom stereocenters. The van der Waals surface area contributed by atoms with E-state index in [1.807, 2.05) is 12.1 Å². The van der Waals surface area contributed by atoms with Crippen molar-refractivity contribution in [2.45, 2.75) is 31.3 Å². The number of benzene rings is 1. The monoisotopic (exact) mass is 324 g/mol. The molecule has 124 valence electrons. The number of likely N-dealkylation sites (N-methyl/N-ethyl adjacent to an activating group) is 1. The quantitative estimate of drug-likeness (QED) is 0.832. The zero-order valence-electron chi connectivity index (χ0n) is 14.3. The number of nitrogens with zero attached hydrogens (tertiary/aromatic N) is 2. The Balaban J connectivity index is 2.05. The fraction of sp³-hybridized carbons (Fsp3) is 0.647. The van der Waals surface area contributed by atoms with Gasteiger partial charge in [0.25, 0.3) is 0 Å². The minimum absolute atomic E-state index is 0.392. The van der Waals surface area contributed by atoms with E-state index in [0.29, 0.717) is 22.8 Å². The molecule has 22 heavy (non-hydrogen) atoms. The average Bonchev–Trinajstić information content (AvgIpc) is 2.82. The maximum atomic E-state index is 11.5. The molecule has 1 aromatic rings. The van der Waals surface area contributed by atoms with Gasteiger partial charge < -0.3 is 4.90 Å². The topological polar surface area (TPSA) is 40.6 Å². The highest BCUT2D eigenvalue weighted by atomic mass is 32.2. The van der Waals surface area contributed by atoms with E-state index >= 15 is 0 Å². The molecule has 1 fully saturated rings. The van der Waals surface area contributed by atoms with Crippen LogP contribution in [-0.2, 0) is 16.4 Å². The lowest BCUT2D eigenvalue weighted by molar-refractivity contribution is 0.215. The van der Waals surface area contributed by atoms with E-state index in [1.54, 1.807) is 12.1 Å². The van der Waals surface area contributed by atoms with Gasteiger partial charge >= 0.3 is 0 Å². The Morgan fingerprint density at radius 3 is 2.18 bits per heavy atom. The van der Waals surface area contributed by atoms with Crippen LogP contribution in [0.4, 0.5) is 0 Å². The highest BCUT2D eigenvalue weighted by Crippen LogP contribution is 2.28. The second kappa shape index (κ2) is 6.69. The van der Waals surface area contributed by atoms with Crippen LogP contribution in [0.3, 0.4) is 0 Å². The first-order valence-electron chi connectivity index (χ1n) is 7.86. The molecule has 1 saturated heterocycles. The maximum Gasteiger partial charge on any atom is 0.175 e. The minimum atomic E-state index is -3.11. The third kappa shape index (κ3) is 4.09. The van der Waals surface area contributed by atoms with Gasteiger partial charge in [-0.25, -0.2) is 8.42 Å². The molecule has 0 bridgehead atoms. The highest BCUT2D eigenvalue weighted by Gasteiger charge is 2.35. The van der Waals surface area contributed by atoms with Gasteiger partial charge in [-0.15, -0.1) is 0 Å². The number of sulfone groups is 1. The smallest absolute Gasteiger partial charge is 0.175 e. The second-order valence-electron chi connectivity index (χ2n) is 7.05. The fourth-order valence-corrected chi connectivity index (χ4v) is 3.96. The Morgan fingerprint density at radius 1 is 1.18 bits per heavy atom. The van der Waals surface area contributed by atoms with Crippen LogP contribution >= 0.6 is 0 Å². The normalized spacial score (nSPS) is 23.6. The number of rotatable bonds is 5. The lowest BCUT2D eigenvalue weighted by Crippen LogP contribution is -2.37. The largest absolute Gasteiger partial charge is 0.305 e. The van der Waals surface area contributed by atoms with Gasteiger partial charge in [-0.1, -0.05) is 26.0 Å². The molecule has 0 radical (unpaired) electrons. The van der Waals surface area contributed by atoms with Gasteiger partial charge in [0.05, 0.1) is 4.90 Å². The summed E-state index contributed by atoms with van der Waals surface area (Å²) in [4.78, 5) is 5.20. The zero-order chi connectivity index (χ0) is 16.5. The van der Waals surface area contributed by atoms with Crippen molar-refractivity contribution in [2.24, 2.45) is 11.8 Å². The van der Waals surface area contributed by atoms with Gasteiger partial charge in [-0.2, -0.15) is 0 Å². The van der Waals surface area contributed by atoms with E-state index in [1.165, 1.54) is 11.8 Å². The number of hydrogen-bond donors (Lipinski definition) is 0. The van der Waals surface area contributed by atoms with Gasteiger partial charge in [-0.05, 0) is 43.6 Å². The summed E-state index contributed by atoms with van der Waals surface area (Å²) in [5, 5.41) is 0. The molecular weight excluding hydrogens is 296 g/mol. The molecular formula is C17H28N2O2S. The Bertz CT molecular complexity index is 578. The first kappa shape index (κ1) is 17.4. The van der Waals surface area contributed by atoms with E-state index < -0.39 is 9.84 Å². The van der Waals surface area contributed by atoms with Crippen molar-refractivity contribution >= 4 is 9.84 Å². The van der Waals surface area contributed by atoms with E-state index in [2.05, 4.69) is 37.7 Å². The van der Waals surface area contributed by atoms with Crippen molar-refractivity contribution in [3.63, 3.8) is 0 Å². The summed E-state index contributed by atoms with van der Waals surface area (Å²) in [5.41, 5.74) is 1.18. The summed E-state index contributed by atoms with van der Waals surface area (Å²) in [6.45, 7) is 7.66. The molecule has 2 rings (SSSR count). The molecule has 0 spiro atoms. The lowest BCUT2D eigenvalue weighted by Gasteiger charge is -2.27. The van der Waals surface area contributed by atoms with Crippen molar-refractivity contribution in [3.05, 3.63) is 29.8 Å². The molecule has 5 heteroatoms. The fourth-order valence-electron chi connectivity index (χ4n) is 3.33. The molecule has 1 heterocycles. The lowest BCUT2D eigenvalue weighted by atomic mass is 9.91. The third-order valence-corrected chi connectivity index (χ3v) is 5.81. The number of hydrogen-bond acceptors (Lipinski definition) is 4. The van der Waals surface area contributed by atoms with Gasteiger partial charge in [-0.3, -0.25) is 4.90 Å². The summed E-state index contributed by atoms with van der Waals surface area (Å²) < 4.78 is 23.0. The van der Waals surface area contributed by atoms with Crippen LogP contribution in [0.5, 0.6) is 0 Å². The maximum absolute atomic E-state index is 11.5. The van der Waals surface area contributed by atoms with Crippen molar-refractivity contribution in [1.82, 2.24) is 9.80 Å². The molecule has 1 aromatic carbocycles. The first-order valence-corrected chi connectivity index (χ1v) is 9.75. The molecule has 1 aliphatic heterocycles. The zero-order valence-corrected chi connectivity index (χ0v) is 15.1. The summed E-state index contributed by atoms with van der Waals surface area (Å²) >= 11 is 0. The van der Waals surface area contributed by atoms with Crippen LogP contribution in [0, 0.1) is 11.8 Å². The van der Waals surface area contributed by atoms with Crippen molar-refractivity contribution in [2.75, 3.05) is 33.4 Å². The van der Waals surface area contributed by atoms with Crippen molar-refractivity contribution < 1.29 is 8.42 Å². The molecule has 4 nitrogen and oxygen atoms in total. The standard InChI is InChI=1S/C17H28N2O2S/c1-13(2)16-11-19(12-17(16)18(3)4)10-14-6-8-15(9-7-14)22(5,20)21/h6-9,13,16-17H,10-12H2,1-5H3/t16-,17+/m0/s1. The SMILES string of the molecule is CC(C)[C@@H]1CN(Cc2ccc(S(C)(=O)=O)cc2)C[C@H]1N(C)C. The third-order valence-electron chi connectivity index (χ3n) is 4.69. The Morgan fingerprint density at radius 2 is 1.77 bits per heavy atom. The Hall–Kier alpha value is -0.910. The van der Waals surface area contributed by atoms with Gasteiger partial charge in [0.2, 0.25) is 0 Å². The summed E-state index contributed by atoms with van der Waals surface area (Å²) in [6.07, 6.45) is 1.25. The Kier molecular flexibility index (Phi) is 5.30. The van der Waals surface area contributed by atoms with E-state index in [0.717, 1.165) is 19.6 Å². The van der Waals surface area contributed by atoms with E-state index in [4.69, 9.17) is 0 Å². The predicted octanol–water partition coefficient (Wildman–Crippen LogP) is 2.11.